The standard InChI is InChI=1S/C28H42N4S.C2H4O.2C2H6/c1-19-13-12-14-20(2)27(19)30-23(5)22(4)25(17-21(3)32-15-10-9-11-16-32)31-28(7,8)26-18-29-24(6)33-26;1-2-3;2*1-2/h12-14,18,22,25,31H,3,9-11,15-17H2,1-2,4-8H3;2H,1H3;2*1-2H3. The predicted octanol–water partition coefficient (Wildman–Crippen LogP) is 9.34. The Balaban J connectivity index is 0.00000199. The molecule has 2 atom stereocenters. The number of aromatic nitrogens is 1. The predicted molar refractivity (Wildman–Crippen MR) is 178 cm³/mol. The Kier molecular flexibility index (Phi) is 18.6. The number of hydrogen-bond acceptors (Lipinski definition) is 6. The molecule has 0 aliphatic carbocycles. The number of benzene rings is 1. The summed E-state index contributed by atoms with van der Waals surface area (Å²) in [7, 11) is 0. The Morgan fingerprint density at radius 3 is 2.12 bits per heavy atom. The van der Waals surface area contributed by atoms with Crippen LogP contribution in [0.1, 0.15) is 109 Å². The molecular formula is C34H58N4OS. The SMILES string of the molecule is C=C(CC(NC(C)(C)c1cnc(C)s1)C(C)C(C)=Nc1c(C)cccc1C)N1CCCCC1.CC.CC.CC=O. The second-order valence-electron chi connectivity index (χ2n) is 10.5. The minimum absolute atomic E-state index is 0.175. The van der Waals surface area contributed by atoms with Gasteiger partial charge in [-0.3, -0.25) is 4.99 Å². The highest BCUT2D eigenvalue weighted by Crippen LogP contribution is 2.31. The first-order valence-corrected chi connectivity index (χ1v) is 16.0. The molecule has 3 rings (SSSR count). The summed E-state index contributed by atoms with van der Waals surface area (Å²) in [5, 5.41) is 5.10. The molecule has 5 nitrogen and oxygen atoms in total. The Hall–Kier alpha value is -2.31. The average Bonchev–Trinajstić information content (AvgIpc) is 3.40. The van der Waals surface area contributed by atoms with E-state index in [1.807, 2.05) is 33.9 Å². The number of carbonyl (C=O) groups excluding carboxylic acids is 1. The van der Waals surface area contributed by atoms with Crippen LogP contribution in [0.3, 0.4) is 0 Å². The van der Waals surface area contributed by atoms with E-state index in [9.17, 15) is 0 Å². The van der Waals surface area contributed by atoms with Crippen LogP contribution in [0.5, 0.6) is 0 Å². The van der Waals surface area contributed by atoms with E-state index in [2.05, 4.69) is 88.4 Å². The molecule has 40 heavy (non-hydrogen) atoms. The van der Waals surface area contributed by atoms with Crippen LogP contribution in [-0.2, 0) is 10.3 Å². The van der Waals surface area contributed by atoms with Gasteiger partial charge >= 0.3 is 0 Å². The van der Waals surface area contributed by atoms with Gasteiger partial charge in [0.2, 0.25) is 0 Å². The first-order chi connectivity index (χ1) is 19.0. The second-order valence-corrected chi connectivity index (χ2v) is 11.7. The zero-order valence-corrected chi connectivity index (χ0v) is 28.5. The van der Waals surface area contributed by atoms with E-state index in [1.165, 1.54) is 47.9 Å². The van der Waals surface area contributed by atoms with Crippen molar-refractivity contribution in [3.63, 3.8) is 0 Å². The lowest BCUT2D eigenvalue weighted by Crippen LogP contribution is -2.49. The Labute approximate surface area is 250 Å². The topological polar surface area (TPSA) is 57.6 Å². The lowest BCUT2D eigenvalue weighted by molar-refractivity contribution is -0.106. The maximum absolute atomic E-state index is 8.81. The quantitative estimate of drug-likeness (QED) is 0.241. The summed E-state index contributed by atoms with van der Waals surface area (Å²) in [4.78, 5) is 22.2. The van der Waals surface area contributed by atoms with Crippen molar-refractivity contribution < 1.29 is 4.79 Å². The van der Waals surface area contributed by atoms with E-state index in [1.54, 1.807) is 11.3 Å². The Bertz CT molecular complexity index is 1010. The fourth-order valence-electron chi connectivity index (χ4n) is 4.68. The van der Waals surface area contributed by atoms with E-state index < -0.39 is 0 Å². The number of carbonyl (C=O) groups is 1. The van der Waals surface area contributed by atoms with Crippen LogP contribution in [0.25, 0.3) is 0 Å². The van der Waals surface area contributed by atoms with E-state index >= 15 is 0 Å². The van der Waals surface area contributed by atoms with Crippen LogP contribution in [0, 0.1) is 26.7 Å². The molecule has 1 N–H and O–H groups in total. The third-order valence-electron chi connectivity index (χ3n) is 7.03. The molecule has 0 bridgehead atoms. The highest BCUT2D eigenvalue weighted by Gasteiger charge is 2.31. The summed E-state index contributed by atoms with van der Waals surface area (Å²) in [6, 6.07) is 6.62. The number of aliphatic imine (C=N–C) groups is 1. The first-order valence-electron chi connectivity index (χ1n) is 15.1. The number of aldehydes is 1. The maximum atomic E-state index is 8.81. The number of nitrogens with one attached hydrogen (secondary N) is 1. The van der Waals surface area contributed by atoms with Crippen LogP contribution >= 0.6 is 11.3 Å². The summed E-state index contributed by atoms with van der Waals surface area (Å²) in [5.74, 6) is 0.263. The van der Waals surface area contributed by atoms with Crippen molar-refractivity contribution in [2.45, 2.75) is 120 Å². The Morgan fingerprint density at radius 1 is 1.12 bits per heavy atom. The van der Waals surface area contributed by atoms with Crippen molar-refractivity contribution in [2.75, 3.05) is 13.1 Å². The monoisotopic (exact) mass is 570 g/mol. The highest BCUT2D eigenvalue weighted by atomic mass is 32.1. The number of piperidine rings is 1. The molecule has 1 fully saturated rings. The van der Waals surface area contributed by atoms with E-state index in [-0.39, 0.29) is 17.5 Å². The second kappa shape index (κ2) is 19.7. The summed E-state index contributed by atoms with van der Waals surface area (Å²) >= 11 is 1.77. The van der Waals surface area contributed by atoms with Gasteiger partial charge in [0.15, 0.2) is 0 Å². The minimum atomic E-state index is -0.175. The molecule has 1 saturated heterocycles. The summed E-state index contributed by atoms with van der Waals surface area (Å²) in [5.41, 5.74) is 5.79. The molecule has 0 amide bonds. The summed E-state index contributed by atoms with van der Waals surface area (Å²) < 4.78 is 0. The van der Waals surface area contributed by atoms with Crippen LogP contribution in [0.15, 0.2) is 41.7 Å². The molecule has 0 radical (unpaired) electrons. The van der Waals surface area contributed by atoms with Gasteiger partial charge in [-0.1, -0.05) is 59.4 Å². The van der Waals surface area contributed by atoms with Crippen LogP contribution < -0.4 is 5.32 Å². The highest BCUT2D eigenvalue weighted by molar-refractivity contribution is 7.11. The largest absolute Gasteiger partial charge is 0.375 e. The molecule has 1 aliphatic heterocycles. The van der Waals surface area contributed by atoms with Gasteiger partial charge in [0.1, 0.15) is 6.29 Å². The molecule has 2 unspecified atom stereocenters. The maximum Gasteiger partial charge on any atom is 0.116 e. The number of rotatable bonds is 9. The lowest BCUT2D eigenvalue weighted by Gasteiger charge is -2.38. The smallest absolute Gasteiger partial charge is 0.116 e. The van der Waals surface area contributed by atoms with Gasteiger partial charge in [-0.2, -0.15) is 0 Å². The van der Waals surface area contributed by atoms with Crippen LogP contribution in [0.4, 0.5) is 5.69 Å². The summed E-state index contributed by atoms with van der Waals surface area (Å²) in [6.07, 6.45) is 7.56. The van der Waals surface area contributed by atoms with E-state index in [0.717, 1.165) is 42.2 Å². The molecular weight excluding hydrogens is 512 g/mol. The third kappa shape index (κ3) is 12.1. The van der Waals surface area contributed by atoms with Crippen molar-refractivity contribution in [3.05, 3.63) is 57.7 Å². The number of nitrogens with zero attached hydrogens (tertiary/aromatic N) is 3. The molecule has 2 heterocycles. The van der Waals surface area contributed by atoms with Crippen molar-refractivity contribution in [3.8, 4) is 0 Å². The molecule has 1 aromatic heterocycles. The Morgan fingerprint density at radius 2 is 1.65 bits per heavy atom. The number of thiazole rings is 1. The minimum Gasteiger partial charge on any atom is -0.375 e. The molecule has 226 valence electrons. The molecule has 6 heteroatoms. The van der Waals surface area contributed by atoms with Gasteiger partial charge in [-0.15, -0.1) is 11.3 Å². The molecule has 1 aromatic carbocycles. The lowest BCUT2D eigenvalue weighted by atomic mass is 9.89. The van der Waals surface area contributed by atoms with Crippen molar-refractivity contribution >= 4 is 29.0 Å². The fourth-order valence-corrected chi connectivity index (χ4v) is 5.53. The number of likely N-dealkylation sites (tertiary alicyclic amines) is 1. The third-order valence-corrected chi connectivity index (χ3v) is 8.27. The molecule has 2 aromatic rings. The van der Waals surface area contributed by atoms with Crippen LogP contribution in [-0.4, -0.2) is 41.0 Å². The normalized spacial score (nSPS) is 14.8. The van der Waals surface area contributed by atoms with Crippen molar-refractivity contribution in [1.82, 2.24) is 15.2 Å². The average molecular weight is 571 g/mol. The van der Waals surface area contributed by atoms with Gasteiger partial charge in [-0.05, 0) is 78.9 Å². The number of para-hydroxylation sites is 1. The first kappa shape index (κ1) is 37.7. The van der Waals surface area contributed by atoms with Gasteiger partial charge in [0.25, 0.3) is 0 Å². The number of hydrogen-bond donors (Lipinski definition) is 1. The fraction of sp³-hybridized carbons (Fsp3) is 0.618. The van der Waals surface area contributed by atoms with Crippen molar-refractivity contribution in [1.29, 1.82) is 0 Å². The molecule has 1 aliphatic rings. The zero-order valence-electron chi connectivity index (χ0n) is 27.6. The summed E-state index contributed by atoms with van der Waals surface area (Å²) in [6.45, 7) is 31.6. The van der Waals surface area contributed by atoms with E-state index in [0.29, 0.717) is 0 Å². The zero-order chi connectivity index (χ0) is 30.9. The van der Waals surface area contributed by atoms with Gasteiger partial charge in [-0.25, -0.2) is 4.98 Å². The van der Waals surface area contributed by atoms with Crippen molar-refractivity contribution in [2.24, 2.45) is 10.9 Å². The van der Waals surface area contributed by atoms with Gasteiger partial charge in [0, 0.05) is 59.5 Å². The van der Waals surface area contributed by atoms with Crippen LogP contribution in [0.2, 0.25) is 0 Å². The number of aryl methyl sites for hydroxylation is 3. The molecule has 0 saturated carbocycles. The molecule has 0 spiro atoms. The van der Waals surface area contributed by atoms with E-state index in [4.69, 9.17) is 9.79 Å². The van der Waals surface area contributed by atoms with Gasteiger partial charge in [0.05, 0.1) is 10.7 Å². The van der Waals surface area contributed by atoms with Gasteiger partial charge < -0.3 is 15.0 Å².